The van der Waals surface area contributed by atoms with Gasteiger partial charge >= 0.3 is 0 Å². The third-order valence-electron chi connectivity index (χ3n) is 6.94. The first-order chi connectivity index (χ1) is 17.5. The molecule has 0 bridgehead atoms. The van der Waals surface area contributed by atoms with Gasteiger partial charge in [-0.05, 0) is 61.6 Å². The largest absolute Gasteiger partial charge is 0.325 e. The van der Waals surface area contributed by atoms with E-state index in [2.05, 4.69) is 51.7 Å². The van der Waals surface area contributed by atoms with Crippen LogP contribution in [0.2, 0.25) is 10.0 Å². The number of para-hydroxylation sites is 1. The van der Waals surface area contributed by atoms with Gasteiger partial charge in [-0.15, -0.1) is 0 Å². The molecule has 0 unspecified atom stereocenters. The van der Waals surface area contributed by atoms with Crippen LogP contribution in [0.25, 0.3) is 28.0 Å². The number of aryl methyl sites for hydroxylation is 3. The Bertz CT molecular complexity index is 1600. The number of aromatic nitrogens is 2. The number of halogens is 2. The average Bonchev–Trinajstić information content (AvgIpc) is 3.29. The second-order valence-electron chi connectivity index (χ2n) is 9.33. The molecule has 2 aromatic heterocycles. The molecule has 0 saturated heterocycles. The molecule has 0 atom stereocenters. The number of benzene rings is 3. The lowest BCUT2D eigenvalue weighted by Crippen LogP contribution is -2.15. The smallest absolute Gasteiger partial charge is 0.273 e. The molecule has 1 amide bonds. The Balaban J connectivity index is 1.63. The van der Waals surface area contributed by atoms with E-state index in [0.717, 1.165) is 59.5 Å². The molecule has 1 N–H and O–H groups in total. The Morgan fingerprint density at radius 1 is 0.889 bits per heavy atom. The van der Waals surface area contributed by atoms with Crippen LogP contribution in [0.15, 0.2) is 79.0 Å². The molecule has 1 aliphatic heterocycles. The van der Waals surface area contributed by atoms with Crippen molar-refractivity contribution in [2.45, 2.75) is 32.7 Å². The van der Waals surface area contributed by atoms with E-state index in [4.69, 9.17) is 23.2 Å². The Labute approximate surface area is 220 Å². The summed E-state index contributed by atoms with van der Waals surface area (Å²) in [7, 11) is 0. The van der Waals surface area contributed by atoms with Crippen molar-refractivity contribution in [3.8, 4) is 22.4 Å². The molecule has 6 heteroatoms. The minimum Gasteiger partial charge on any atom is -0.325 e. The molecular formula is C30H25Cl2N3O. The monoisotopic (exact) mass is 513 g/mol. The maximum atomic E-state index is 13.9. The zero-order chi connectivity index (χ0) is 24.8. The van der Waals surface area contributed by atoms with E-state index in [0.29, 0.717) is 15.7 Å². The average molecular weight is 514 g/mol. The zero-order valence-electron chi connectivity index (χ0n) is 19.9. The van der Waals surface area contributed by atoms with Crippen LogP contribution >= 0.6 is 23.2 Å². The van der Waals surface area contributed by atoms with Gasteiger partial charge in [0.1, 0.15) is 11.3 Å². The highest BCUT2D eigenvalue weighted by Crippen LogP contribution is 2.41. The normalized spacial score (nSPS) is 13.1. The molecule has 6 rings (SSSR count). The van der Waals surface area contributed by atoms with Crippen LogP contribution in [-0.2, 0) is 13.0 Å². The van der Waals surface area contributed by atoms with Gasteiger partial charge in [-0.1, -0.05) is 77.3 Å². The Morgan fingerprint density at radius 3 is 2.39 bits per heavy atom. The van der Waals surface area contributed by atoms with Gasteiger partial charge in [-0.2, -0.15) is 0 Å². The fourth-order valence-corrected chi connectivity index (χ4v) is 5.54. The standard InChI is InChI=1S/C30H25Cl2N3O/c1-19-10-12-20(13-11-19)26-18-35-28(29(36)33-22-7-3-2-4-8-22)27(21-14-15-24(31)25(32)17-21)23-9-5-6-16-34(26)30(23)35/h2-4,7-8,10-15,17-18H,5-6,9,16H2,1H3,(H,33,36). The van der Waals surface area contributed by atoms with Gasteiger partial charge in [-0.3, -0.25) is 9.20 Å². The van der Waals surface area contributed by atoms with Crippen molar-refractivity contribution < 1.29 is 4.79 Å². The van der Waals surface area contributed by atoms with Crippen LogP contribution < -0.4 is 5.32 Å². The molecular weight excluding hydrogens is 489 g/mol. The van der Waals surface area contributed by atoms with Crippen molar-refractivity contribution in [3.05, 3.63) is 106 Å². The summed E-state index contributed by atoms with van der Waals surface area (Å²) >= 11 is 12.7. The lowest BCUT2D eigenvalue weighted by atomic mass is 9.97. The summed E-state index contributed by atoms with van der Waals surface area (Å²) in [4.78, 5) is 13.9. The molecule has 0 spiro atoms. The minimum atomic E-state index is -0.156. The summed E-state index contributed by atoms with van der Waals surface area (Å²) < 4.78 is 4.44. The predicted octanol–water partition coefficient (Wildman–Crippen LogP) is 8.28. The lowest BCUT2D eigenvalue weighted by molar-refractivity contribution is 0.102. The van der Waals surface area contributed by atoms with Crippen LogP contribution in [0.1, 0.15) is 34.5 Å². The van der Waals surface area contributed by atoms with E-state index in [1.165, 1.54) is 11.1 Å². The first-order valence-corrected chi connectivity index (χ1v) is 12.9. The van der Waals surface area contributed by atoms with Gasteiger partial charge in [0.15, 0.2) is 0 Å². The number of nitrogens with zero attached hydrogens (tertiary/aromatic N) is 2. The Hall–Kier alpha value is -3.47. The molecule has 0 radical (unpaired) electrons. The number of imidazole rings is 1. The van der Waals surface area contributed by atoms with E-state index in [1.807, 2.05) is 42.5 Å². The third kappa shape index (κ3) is 3.91. The fraction of sp³-hybridized carbons (Fsp3) is 0.167. The third-order valence-corrected chi connectivity index (χ3v) is 7.68. The van der Waals surface area contributed by atoms with E-state index >= 15 is 0 Å². The summed E-state index contributed by atoms with van der Waals surface area (Å²) in [5.41, 5.74) is 8.89. The number of rotatable bonds is 4. The van der Waals surface area contributed by atoms with E-state index < -0.39 is 0 Å². The molecule has 4 nitrogen and oxygen atoms in total. The van der Waals surface area contributed by atoms with Crippen LogP contribution in [0.5, 0.6) is 0 Å². The first kappa shape index (κ1) is 23.0. The predicted molar refractivity (Wildman–Crippen MR) is 148 cm³/mol. The van der Waals surface area contributed by atoms with Crippen molar-refractivity contribution in [1.82, 2.24) is 8.97 Å². The minimum absolute atomic E-state index is 0.156. The van der Waals surface area contributed by atoms with Crippen LogP contribution in [0.4, 0.5) is 5.69 Å². The van der Waals surface area contributed by atoms with Gasteiger partial charge in [0.25, 0.3) is 5.91 Å². The van der Waals surface area contributed by atoms with E-state index in [1.54, 1.807) is 6.07 Å². The second-order valence-corrected chi connectivity index (χ2v) is 10.1. The molecule has 3 aromatic carbocycles. The van der Waals surface area contributed by atoms with Gasteiger partial charge in [0.05, 0.1) is 15.7 Å². The van der Waals surface area contributed by atoms with E-state index in [9.17, 15) is 4.79 Å². The molecule has 0 saturated carbocycles. The second kappa shape index (κ2) is 9.20. The lowest BCUT2D eigenvalue weighted by Gasteiger charge is -2.11. The molecule has 36 heavy (non-hydrogen) atoms. The number of carbonyl (C=O) groups is 1. The highest BCUT2D eigenvalue weighted by molar-refractivity contribution is 6.42. The number of hydrogen-bond donors (Lipinski definition) is 1. The van der Waals surface area contributed by atoms with Crippen molar-refractivity contribution in [1.29, 1.82) is 0 Å². The molecule has 3 heterocycles. The first-order valence-electron chi connectivity index (χ1n) is 12.2. The number of anilines is 1. The van der Waals surface area contributed by atoms with Crippen LogP contribution in [0, 0.1) is 6.92 Å². The van der Waals surface area contributed by atoms with Gasteiger partial charge in [0.2, 0.25) is 0 Å². The maximum absolute atomic E-state index is 13.9. The van der Waals surface area contributed by atoms with Crippen molar-refractivity contribution in [2.24, 2.45) is 0 Å². The fourth-order valence-electron chi connectivity index (χ4n) is 5.24. The Morgan fingerprint density at radius 2 is 1.64 bits per heavy atom. The summed E-state index contributed by atoms with van der Waals surface area (Å²) in [6.07, 6.45) is 5.11. The van der Waals surface area contributed by atoms with Gasteiger partial charge < -0.3 is 9.88 Å². The number of nitrogens with one attached hydrogen (secondary N) is 1. The van der Waals surface area contributed by atoms with Crippen LogP contribution in [-0.4, -0.2) is 14.9 Å². The quantitative estimate of drug-likeness (QED) is 0.258. The summed E-state index contributed by atoms with van der Waals surface area (Å²) in [6, 6.07) is 23.8. The zero-order valence-corrected chi connectivity index (χ0v) is 21.4. The number of amides is 1. The van der Waals surface area contributed by atoms with Crippen molar-refractivity contribution in [2.75, 3.05) is 5.32 Å². The molecule has 0 aliphatic carbocycles. The number of hydrogen-bond acceptors (Lipinski definition) is 1. The van der Waals surface area contributed by atoms with Gasteiger partial charge in [-0.25, -0.2) is 0 Å². The van der Waals surface area contributed by atoms with Crippen LogP contribution in [0.3, 0.4) is 0 Å². The highest BCUT2D eigenvalue weighted by atomic mass is 35.5. The molecule has 1 aliphatic rings. The maximum Gasteiger partial charge on any atom is 0.273 e. The SMILES string of the molecule is Cc1ccc(-c2cn3c(C(=O)Nc4ccccc4)c(-c4ccc(Cl)c(Cl)c4)c4c3n2CCCC4)cc1. The summed E-state index contributed by atoms with van der Waals surface area (Å²) in [5.74, 6) is -0.156. The molecule has 0 fully saturated rings. The van der Waals surface area contributed by atoms with E-state index in [-0.39, 0.29) is 5.91 Å². The summed E-state index contributed by atoms with van der Waals surface area (Å²) in [6.45, 7) is 2.99. The van der Waals surface area contributed by atoms with Crippen molar-refractivity contribution >= 4 is 40.4 Å². The topological polar surface area (TPSA) is 38.4 Å². The summed E-state index contributed by atoms with van der Waals surface area (Å²) in [5, 5.41) is 4.08. The Kier molecular flexibility index (Phi) is 5.87. The van der Waals surface area contributed by atoms with Crippen molar-refractivity contribution in [3.63, 3.8) is 0 Å². The molecule has 180 valence electrons. The highest BCUT2D eigenvalue weighted by Gasteiger charge is 2.30. The van der Waals surface area contributed by atoms with Gasteiger partial charge in [0, 0.05) is 29.6 Å². The molecule has 5 aromatic rings. The number of carbonyl (C=O) groups excluding carboxylic acids is 1.